The van der Waals surface area contributed by atoms with Crippen LogP contribution in [0.5, 0.6) is 0 Å². The highest BCUT2D eigenvalue weighted by Crippen LogP contribution is 2.13. The lowest BCUT2D eigenvalue weighted by atomic mass is 9.94. The summed E-state index contributed by atoms with van der Waals surface area (Å²) in [5, 5.41) is 5.39. The molecule has 0 unspecified atom stereocenters. The third-order valence-electron chi connectivity index (χ3n) is 4.45. The maximum absolute atomic E-state index is 12.4. The first-order valence-electron chi connectivity index (χ1n) is 9.09. The minimum atomic E-state index is -0.861. The summed E-state index contributed by atoms with van der Waals surface area (Å²) in [5.74, 6) is 0.875. The predicted octanol–water partition coefficient (Wildman–Crippen LogP) is 2.29. The number of carbonyl (C=O) groups is 3. The van der Waals surface area contributed by atoms with Gasteiger partial charge in [-0.1, -0.05) is 51.8 Å². The van der Waals surface area contributed by atoms with E-state index in [4.69, 9.17) is 11.2 Å². The second kappa shape index (κ2) is 10.4. The van der Waals surface area contributed by atoms with Crippen molar-refractivity contribution in [1.29, 1.82) is 0 Å². The molecule has 0 fully saturated rings. The first kappa shape index (κ1) is 22.2. The van der Waals surface area contributed by atoms with E-state index in [0.717, 1.165) is 0 Å². The Bertz CT molecular complexity index is 688. The van der Waals surface area contributed by atoms with Gasteiger partial charge in [-0.15, -0.1) is 6.42 Å². The largest absolute Gasteiger partial charge is 0.454 e. The molecule has 0 saturated heterocycles. The second-order valence-electron chi connectivity index (χ2n) is 6.65. The van der Waals surface area contributed by atoms with Crippen LogP contribution < -0.4 is 10.6 Å². The molecule has 2 amide bonds. The summed E-state index contributed by atoms with van der Waals surface area (Å²) in [6.07, 6.45) is 6.65. The Labute approximate surface area is 161 Å². The molecular weight excluding hydrogens is 344 g/mol. The van der Waals surface area contributed by atoms with Crippen LogP contribution in [-0.2, 0) is 14.3 Å². The molecular formula is C21H28N2O4. The van der Waals surface area contributed by atoms with Crippen molar-refractivity contribution in [2.75, 3.05) is 6.61 Å². The average molecular weight is 372 g/mol. The number of esters is 1. The number of carbonyl (C=O) groups excluding carboxylic acids is 3. The number of hydrogen-bond donors (Lipinski definition) is 2. The number of terminal acetylenes is 1. The summed E-state index contributed by atoms with van der Waals surface area (Å²) >= 11 is 0. The maximum atomic E-state index is 12.4. The molecule has 146 valence electrons. The molecule has 6 heteroatoms. The zero-order chi connectivity index (χ0) is 20.4. The summed E-state index contributed by atoms with van der Waals surface area (Å²) in [6.45, 7) is 6.88. The predicted molar refractivity (Wildman–Crippen MR) is 104 cm³/mol. The van der Waals surface area contributed by atoms with Crippen LogP contribution in [0, 0.1) is 18.3 Å². The fourth-order valence-electron chi connectivity index (χ4n) is 2.51. The van der Waals surface area contributed by atoms with Crippen LogP contribution in [0.4, 0.5) is 0 Å². The Hall–Kier alpha value is -2.81. The minimum absolute atomic E-state index is 0.204. The first-order chi connectivity index (χ1) is 12.8. The van der Waals surface area contributed by atoms with Crippen molar-refractivity contribution in [2.45, 2.75) is 52.1 Å². The van der Waals surface area contributed by atoms with E-state index in [1.165, 1.54) is 0 Å². The third-order valence-corrected chi connectivity index (χ3v) is 4.45. The van der Waals surface area contributed by atoms with Gasteiger partial charge in [0.05, 0.1) is 0 Å². The number of hydrogen-bond acceptors (Lipinski definition) is 4. The topological polar surface area (TPSA) is 84.5 Å². The zero-order valence-electron chi connectivity index (χ0n) is 16.4. The summed E-state index contributed by atoms with van der Waals surface area (Å²) in [4.78, 5) is 36.8. The molecule has 0 saturated carbocycles. The van der Waals surface area contributed by atoms with Gasteiger partial charge in [-0.05, 0) is 30.9 Å². The standard InChI is InChI=1S/C21H28N2O4/c1-6-21(7-2,8-3)23-17(24)14-27-20(26)18(15(4)5)22-19(25)16-12-10-9-11-13-16/h1,9-13,15,18H,7-8,14H2,2-5H3,(H,22,25)(H,23,24)/t18-/m0/s1. The van der Waals surface area contributed by atoms with Crippen molar-refractivity contribution < 1.29 is 19.1 Å². The quantitative estimate of drug-likeness (QED) is 0.515. The van der Waals surface area contributed by atoms with E-state index in [2.05, 4.69) is 16.6 Å². The van der Waals surface area contributed by atoms with Gasteiger partial charge in [0.15, 0.2) is 6.61 Å². The molecule has 6 nitrogen and oxygen atoms in total. The Morgan fingerprint density at radius 1 is 1.15 bits per heavy atom. The van der Waals surface area contributed by atoms with Crippen LogP contribution in [0.2, 0.25) is 0 Å². The molecule has 0 bridgehead atoms. The molecule has 1 atom stereocenters. The fraction of sp³-hybridized carbons (Fsp3) is 0.476. The molecule has 0 spiro atoms. The van der Waals surface area contributed by atoms with Crippen LogP contribution >= 0.6 is 0 Å². The van der Waals surface area contributed by atoms with Crippen molar-refractivity contribution in [1.82, 2.24) is 10.6 Å². The number of amides is 2. The molecule has 27 heavy (non-hydrogen) atoms. The van der Waals surface area contributed by atoms with Crippen LogP contribution in [0.1, 0.15) is 50.9 Å². The molecule has 0 aliphatic carbocycles. The molecule has 0 heterocycles. The van der Waals surface area contributed by atoms with Crippen LogP contribution in [0.25, 0.3) is 0 Å². The smallest absolute Gasteiger partial charge is 0.329 e. The van der Waals surface area contributed by atoms with Gasteiger partial charge in [0.2, 0.25) is 0 Å². The Kier molecular flexibility index (Phi) is 8.53. The molecule has 1 aromatic rings. The van der Waals surface area contributed by atoms with Crippen LogP contribution in [0.15, 0.2) is 30.3 Å². The lowest BCUT2D eigenvalue weighted by Crippen LogP contribution is -2.49. The number of ether oxygens (including phenoxy) is 1. The van der Waals surface area contributed by atoms with E-state index in [0.29, 0.717) is 18.4 Å². The van der Waals surface area contributed by atoms with Gasteiger partial charge >= 0.3 is 5.97 Å². The maximum Gasteiger partial charge on any atom is 0.329 e. The van der Waals surface area contributed by atoms with Crippen LogP contribution in [-0.4, -0.2) is 36.0 Å². The highest BCUT2D eigenvalue weighted by Gasteiger charge is 2.29. The molecule has 0 radical (unpaired) electrons. The molecule has 0 aliphatic heterocycles. The van der Waals surface area contributed by atoms with E-state index >= 15 is 0 Å². The van der Waals surface area contributed by atoms with Crippen molar-refractivity contribution in [2.24, 2.45) is 5.92 Å². The van der Waals surface area contributed by atoms with Crippen LogP contribution in [0.3, 0.4) is 0 Å². The Morgan fingerprint density at radius 2 is 1.74 bits per heavy atom. The van der Waals surface area contributed by atoms with Gasteiger partial charge in [0.1, 0.15) is 11.6 Å². The van der Waals surface area contributed by atoms with Gasteiger partial charge in [-0.2, -0.15) is 0 Å². The minimum Gasteiger partial charge on any atom is -0.454 e. The van der Waals surface area contributed by atoms with E-state index in [1.807, 2.05) is 13.8 Å². The van der Waals surface area contributed by atoms with E-state index in [-0.39, 0.29) is 11.8 Å². The first-order valence-corrected chi connectivity index (χ1v) is 9.09. The highest BCUT2D eigenvalue weighted by molar-refractivity contribution is 5.97. The fourth-order valence-corrected chi connectivity index (χ4v) is 2.51. The third kappa shape index (κ3) is 6.45. The van der Waals surface area contributed by atoms with Gasteiger partial charge < -0.3 is 15.4 Å². The average Bonchev–Trinajstić information content (AvgIpc) is 2.68. The summed E-state index contributed by atoms with van der Waals surface area (Å²) in [5.41, 5.74) is -0.305. The summed E-state index contributed by atoms with van der Waals surface area (Å²) in [6, 6.07) is 7.72. The summed E-state index contributed by atoms with van der Waals surface area (Å²) < 4.78 is 5.11. The van der Waals surface area contributed by atoms with E-state index in [1.54, 1.807) is 44.2 Å². The monoisotopic (exact) mass is 372 g/mol. The van der Waals surface area contributed by atoms with Crippen molar-refractivity contribution in [3.63, 3.8) is 0 Å². The van der Waals surface area contributed by atoms with Crippen molar-refractivity contribution in [3.8, 4) is 12.3 Å². The number of nitrogens with one attached hydrogen (secondary N) is 2. The number of benzene rings is 1. The van der Waals surface area contributed by atoms with Gasteiger partial charge in [-0.25, -0.2) is 4.79 Å². The van der Waals surface area contributed by atoms with Gasteiger partial charge in [0, 0.05) is 5.56 Å². The SMILES string of the molecule is C#CC(CC)(CC)NC(=O)COC(=O)[C@@H](NC(=O)c1ccccc1)C(C)C. The zero-order valence-corrected chi connectivity index (χ0v) is 16.4. The summed E-state index contributed by atoms with van der Waals surface area (Å²) in [7, 11) is 0. The lowest BCUT2D eigenvalue weighted by molar-refractivity contribution is -0.151. The van der Waals surface area contributed by atoms with E-state index in [9.17, 15) is 14.4 Å². The van der Waals surface area contributed by atoms with Gasteiger partial charge in [0.25, 0.3) is 11.8 Å². The normalized spacial score (nSPS) is 12.0. The Morgan fingerprint density at radius 3 is 2.22 bits per heavy atom. The Balaban J connectivity index is 2.67. The van der Waals surface area contributed by atoms with E-state index < -0.39 is 30.1 Å². The van der Waals surface area contributed by atoms with Gasteiger partial charge in [-0.3, -0.25) is 9.59 Å². The lowest BCUT2D eigenvalue weighted by Gasteiger charge is -2.27. The molecule has 2 N–H and O–H groups in total. The highest BCUT2D eigenvalue weighted by atomic mass is 16.5. The number of rotatable bonds is 9. The molecule has 1 aromatic carbocycles. The molecule has 0 aliphatic rings. The second-order valence-corrected chi connectivity index (χ2v) is 6.65. The molecule has 0 aromatic heterocycles. The van der Waals surface area contributed by atoms with Crippen molar-refractivity contribution >= 4 is 17.8 Å². The van der Waals surface area contributed by atoms with Crippen molar-refractivity contribution in [3.05, 3.63) is 35.9 Å². The molecule has 1 rings (SSSR count).